The molecule has 0 unspecified atom stereocenters. The summed E-state index contributed by atoms with van der Waals surface area (Å²) in [6.07, 6.45) is -2.80. The molecule has 0 bridgehead atoms. The molecule has 194 valence electrons. The van der Waals surface area contributed by atoms with Crippen LogP contribution in [0.2, 0.25) is 0 Å². The van der Waals surface area contributed by atoms with Gasteiger partial charge in [-0.3, -0.25) is 14.9 Å². The summed E-state index contributed by atoms with van der Waals surface area (Å²) in [7, 11) is 0. The topological polar surface area (TPSA) is 109 Å². The Morgan fingerprint density at radius 2 is 1.71 bits per heavy atom. The van der Waals surface area contributed by atoms with Crippen molar-refractivity contribution in [1.29, 1.82) is 0 Å². The zero-order valence-corrected chi connectivity index (χ0v) is 19.9. The lowest BCUT2D eigenvalue weighted by molar-refractivity contribution is -0.384. The number of hydrogen-bond acceptors (Lipinski definition) is 7. The highest BCUT2D eigenvalue weighted by Crippen LogP contribution is 2.39. The Morgan fingerprint density at radius 3 is 2.37 bits per heavy atom. The largest absolute Gasteiger partial charge is 0.453 e. The van der Waals surface area contributed by atoms with Crippen molar-refractivity contribution in [1.82, 2.24) is 0 Å². The molecule has 0 amide bonds. The Balaban J connectivity index is 1.65. The monoisotopic (exact) mass is 525 g/mol. The fourth-order valence-electron chi connectivity index (χ4n) is 3.67. The number of alkyl halides is 3. The third kappa shape index (κ3) is 5.89. The Hall–Kier alpha value is -4.93. The van der Waals surface area contributed by atoms with Gasteiger partial charge in [-0.25, -0.2) is 4.79 Å². The van der Waals surface area contributed by atoms with Crippen LogP contribution in [0.1, 0.15) is 22.5 Å². The Labute approximate surface area is 212 Å². The molecule has 38 heavy (non-hydrogen) atoms. The van der Waals surface area contributed by atoms with Crippen LogP contribution in [0.5, 0.6) is 17.2 Å². The van der Waals surface area contributed by atoms with Crippen LogP contribution < -0.4 is 14.9 Å². The van der Waals surface area contributed by atoms with Crippen molar-refractivity contribution in [2.24, 2.45) is 0 Å². The number of nitro benzene ring substituents is 1. The molecule has 4 aromatic rings. The second kappa shape index (κ2) is 10.2. The van der Waals surface area contributed by atoms with Gasteiger partial charge in [0, 0.05) is 24.3 Å². The number of aryl methyl sites for hydroxylation is 2. The molecule has 0 spiro atoms. The standard InChI is InChI=1S/C27H18F3NO7/c1-15-10-16(2)12-20(11-15)37-25-24(33)21-8-7-19(14-22(21)38-26(25)27(28,29)30)36-23(32)9-6-17-4-3-5-18(13-17)31(34)35/h3-14H,1-2H3/b9-6+. The third-order valence-electron chi connectivity index (χ3n) is 5.21. The molecular formula is C27H18F3NO7. The van der Waals surface area contributed by atoms with Gasteiger partial charge in [-0.15, -0.1) is 0 Å². The van der Waals surface area contributed by atoms with Crippen molar-refractivity contribution in [3.05, 3.63) is 110 Å². The van der Waals surface area contributed by atoms with E-state index in [1.165, 1.54) is 48.5 Å². The Kier molecular flexibility index (Phi) is 7.02. The van der Waals surface area contributed by atoms with Crippen LogP contribution in [-0.2, 0) is 11.0 Å². The first kappa shape index (κ1) is 26.1. The first-order valence-electron chi connectivity index (χ1n) is 11.0. The average Bonchev–Trinajstić information content (AvgIpc) is 2.83. The van der Waals surface area contributed by atoms with Gasteiger partial charge in [0.25, 0.3) is 11.4 Å². The molecule has 0 aliphatic carbocycles. The second-order valence-electron chi connectivity index (χ2n) is 8.28. The van der Waals surface area contributed by atoms with E-state index in [2.05, 4.69) is 0 Å². The van der Waals surface area contributed by atoms with Crippen LogP contribution in [0, 0.1) is 24.0 Å². The van der Waals surface area contributed by atoms with E-state index in [1.807, 2.05) is 0 Å². The summed E-state index contributed by atoms with van der Waals surface area (Å²) < 4.78 is 57.0. The van der Waals surface area contributed by atoms with Gasteiger partial charge < -0.3 is 13.9 Å². The predicted molar refractivity (Wildman–Crippen MR) is 131 cm³/mol. The summed E-state index contributed by atoms with van der Waals surface area (Å²) in [5.41, 5.74) is 0.108. The summed E-state index contributed by atoms with van der Waals surface area (Å²) in [4.78, 5) is 35.5. The van der Waals surface area contributed by atoms with Crippen LogP contribution in [0.3, 0.4) is 0 Å². The maximum Gasteiger partial charge on any atom is 0.453 e. The number of ether oxygens (including phenoxy) is 2. The minimum absolute atomic E-state index is 0.0423. The zero-order chi connectivity index (χ0) is 27.6. The minimum Gasteiger partial charge on any atom is -0.449 e. The molecule has 0 radical (unpaired) electrons. The highest BCUT2D eigenvalue weighted by molar-refractivity contribution is 5.89. The molecule has 1 aromatic heterocycles. The third-order valence-corrected chi connectivity index (χ3v) is 5.21. The SMILES string of the molecule is Cc1cc(C)cc(Oc2c(C(F)(F)F)oc3cc(OC(=O)/C=C/c4cccc([N+](=O)[O-])c4)ccc3c2=O)c1. The number of fused-ring (bicyclic) bond motifs is 1. The first-order valence-corrected chi connectivity index (χ1v) is 11.0. The summed E-state index contributed by atoms with van der Waals surface area (Å²) in [6.45, 7) is 3.46. The number of esters is 1. The fraction of sp³-hybridized carbons (Fsp3) is 0.111. The number of halogens is 3. The lowest BCUT2D eigenvalue weighted by Gasteiger charge is -2.14. The van der Waals surface area contributed by atoms with Crippen LogP contribution in [0.15, 0.2) is 76.0 Å². The molecule has 0 aliphatic heterocycles. The average molecular weight is 525 g/mol. The van der Waals surface area contributed by atoms with Gasteiger partial charge in [0.15, 0.2) is 0 Å². The summed E-state index contributed by atoms with van der Waals surface area (Å²) >= 11 is 0. The van der Waals surface area contributed by atoms with Crippen LogP contribution in [-0.4, -0.2) is 10.9 Å². The van der Waals surface area contributed by atoms with Crippen molar-refractivity contribution in [2.75, 3.05) is 0 Å². The van der Waals surface area contributed by atoms with Crippen molar-refractivity contribution >= 4 is 28.7 Å². The van der Waals surface area contributed by atoms with E-state index in [-0.39, 0.29) is 22.6 Å². The molecule has 0 saturated heterocycles. The molecule has 11 heteroatoms. The smallest absolute Gasteiger partial charge is 0.449 e. The fourth-order valence-corrected chi connectivity index (χ4v) is 3.67. The molecule has 1 heterocycles. The number of carbonyl (C=O) groups is 1. The van der Waals surface area contributed by atoms with E-state index in [0.717, 1.165) is 29.3 Å². The van der Waals surface area contributed by atoms with E-state index in [9.17, 15) is 32.9 Å². The number of rotatable bonds is 6. The lowest BCUT2D eigenvalue weighted by atomic mass is 10.1. The Morgan fingerprint density at radius 1 is 1.00 bits per heavy atom. The number of nitro groups is 1. The van der Waals surface area contributed by atoms with Gasteiger partial charge in [0.1, 0.15) is 17.1 Å². The quantitative estimate of drug-likeness (QED) is 0.0901. The number of carbonyl (C=O) groups excluding carboxylic acids is 1. The van der Waals surface area contributed by atoms with E-state index >= 15 is 0 Å². The highest BCUT2D eigenvalue weighted by atomic mass is 19.4. The van der Waals surface area contributed by atoms with Gasteiger partial charge in [0.05, 0.1) is 10.3 Å². The van der Waals surface area contributed by atoms with Gasteiger partial charge in [-0.05, 0) is 60.9 Å². The molecule has 0 N–H and O–H groups in total. The molecule has 3 aromatic carbocycles. The van der Waals surface area contributed by atoms with Crippen molar-refractivity contribution in [3.8, 4) is 17.2 Å². The molecule has 0 atom stereocenters. The molecule has 4 rings (SSSR count). The second-order valence-corrected chi connectivity index (χ2v) is 8.28. The highest BCUT2D eigenvalue weighted by Gasteiger charge is 2.40. The van der Waals surface area contributed by atoms with Gasteiger partial charge >= 0.3 is 12.1 Å². The normalized spacial score (nSPS) is 11.6. The molecular weight excluding hydrogens is 507 g/mol. The minimum atomic E-state index is -5.06. The molecule has 0 fully saturated rings. The van der Waals surface area contributed by atoms with Crippen LogP contribution in [0.25, 0.3) is 17.0 Å². The predicted octanol–water partition coefficient (Wildman–Crippen LogP) is 6.75. The zero-order valence-electron chi connectivity index (χ0n) is 19.9. The number of non-ortho nitro benzene ring substituents is 1. The van der Waals surface area contributed by atoms with E-state index in [0.29, 0.717) is 5.56 Å². The number of benzene rings is 3. The van der Waals surface area contributed by atoms with Gasteiger partial charge in [-0.2, -0.15) is 13.2 Å². The van der Waals surface area contributed by atoms with Crippen molar-refractivity contribution in [3.63, 3.8) is 0 Å². The van der Waals surface area contributed by atoms with Gasteiger partial charge in [-0.1, -0.05) is 18.2 Å². The molecule has 0 aliphatic rings. The molecule has 8 nitrogen and oxygen atoms in total. The molecule has 0 saturated carbocycles. The number of hydrogen-bond donors (Lipinski definition) is 0. The lowest BCUT2D eigenvalue weighted by Crippen LogP contribution is -2.15. The maximum absolute atomic E-state index is 13.8. The Bertz CT molecular complexity index is 1640. The summed E-state index contributed by atoms with van der Waals surface area (Å²) in [5, 5.41) is 10.7. The maximum atomic E-state index is 13.8. The van der Waals surface area contributed by atoms with E-state index in [1.54, 1.807) is 19.9 Å². The van der Waals surface area contributed by atoms with Crippen molar-refractivity contribution < 1.29 is 36.8 Å². The van der Waals surface area contributed by atoms with Crippen LogP contribution in [0.4, 0.5) is 18.9 Å². The number of nitrogens with zero attached hydrogens (tertiary/aromatic N) is 1. The summed E-state index contributed by atoms with van der Waals surface area (Å²) in [5.74, 6) is -3.71. The first-order chi connectivity index (χ1) is 17.9. The van der Waals surface area contributed by atoms with Crippen LogP contribution >= 0.6 is 0 Å². The summed E-state index contributed by atoms with van der Waals surface area (Å²) in [6, 6.07) is 13.6. The van der Waals surface area contributed by atoms with Gasteiger partial charge in [0.2, 0.25) is 11.2 Å². The van der Waals surface area contributed by atoms with E-state index < -0.39 is 39.6 Å². The van der Waals surface area contributed by atoms with Crippen molar-refractivity contribution in [2.45, 2.75) is 20.0 Å². The van der Waals surface area contributed by atoms with E-state index in [4.69, 9.17) is 13.9 Å².